The van der Waals surface area contributed by atoms with E-state index in [-0.39, 0.29) is 6.04 Å². The van der Waals surface area contributed by atoms with Crippen molar-refractivity contribution in [3.8, 4) is 0 Å². The molecule has 0 N–H and O–H groups in total. The first-order chi connectivity index (χ1) is 12.7. The van der Waals surface area contributed by atoms with E-state index in [0.29, 0.717) is 17.8 Å². The van der Waals surface area contributed by atoms with Crippen LogP contribution in [0.4, 0.5) is 5.82 Å². The van der Waals surface area contributed by atoms with Crippen molar-refractivity contribution in [2.75, 3.05) is 18.1 Å². The van der Waals surface area contributed by atoms with Crippen LogP contribution in [0.2, 0.25) is 5.02 Å². The predicted molar refractivity (Wildman–Crippen MR) is 99.7 cm³/mol. The molecule has 1 aliphatic heterocycles. The van der Waals surface area contributed by atoms with Gasteiger partial charge in [-0.2, -0.15) is 5.10 Å². The van der Waals surface area contributed by atoms with Crippen LogP contribution in [-0.2, 0) is 4.74 Å². The van der Waals surface area contributed by atoms with Crippen LogP contribution in [0.15, 0.2) is 42.7 Å². The van der Waals surface area contributed by atoms with Crippen LogP contribution in [0, 0.1) is 0 Å². The Morgan fingerprint density at radius 1 is 1.38 bits per heavy atom. The molecule has 134 valence electrons. The smallest absolute Gasteiger partial charge is 0.343 e. The summed E-state index contributed by atoms with van der Waals surface area (Å²) in [6, 6.07) is 10.1. The van der Waals surface area contributed by atoms with Crippen molar-refractivity contribution in [2.45, 2.75) is 25.8 Å². The molecule has 2 aromatic heterocycles. The van der Waals surface area contributed by atoms with Gasteiger partial charge >= 0.3 is 5.97 Å². The number of esters is 1. The normalized spacial score (nSPS) is 17.0. The Morgan fingerprint density at radius 3 is 3.08 bits per heavy atom. The number of carbonyl (C=O) groups is 1. The van der Waals surface area contributed by atoms with Gasteiger partial charge in [0.1, 0.15) is 11.4 Å². The third-order valence-electron chi connectivity index (χ3n) is 4.63. The van der Waals surface area contributed by atoms with Crippen LogP contribution in [0.5, 0.6) is 0 Å². The number of ether oxygens (including phenoxy) is 1. The van der Waals surface area contributed by atoms with Crippen LogP contribution in [0.25, 0.3) is 5.65 Å². The predicted octanol–water partition coefficient (Wildman–Crippen LogP) is 3.90. The molecule has 3 aromatic rings. The molecular weight excluding hydrogens is 352 g/mol. The summed E-state index contributed by atoms with van der Waals surface area (Å²) < 4.78 is 6.70. The van der Waals surface area contributed by atoms with Gasteiger partial charge in [-0.3, -0.25) is 0 Å². The molecule has 1 atom stereocenters. The average molecular weight is 371 g/mol. The standard InChI is InChI=1S/C19H19ClN4O2/c1-2-26-19(25)15-12-21-24-10-8-17(22-18(15)24)23-9-4-7-16(23)13-5-3-6-14(20)11-13/h3,5-6,8,10-12,16H,2,4,7,9H2,1H3. The second-order valence-electron chi connectivity index (χ2n) is 6.24. The zero-order chi connectivity index (χ0) is 18.1. The number of nitrogens with zero attached hydrogens (tertiary/aromatic N) is 4. The Balaban J connectivity index is 1.71. The summed E-state index contributed by atoms with van der Waals surface area (Å²) in [5, 5.41) is 4.93. The van der Waals surface area contributed by atoms with E-state index in [1.807, 2.05) is 30.5 Å². The third kappa shape index (κ3) is 3.01. The van der Waals surface area contributed by atoms with E-state index in [4.69, 9.17) is 21.3 Å². The van der Waals surface area contributed by atoms with Gasteiger partial charge in [0, 0.05) is 17.8 Å². The Morgan fingerprint density at radius 2 is 2.27 bits per heavy atom. The molecular formula is C19H19ClN4O2. The molecule has 4 rings (SSSR count). The first-order valence-electron chi connectivity index (χ1n) is 8.71. The van der Waals surface area contributed by atoms with Crippen molar-refractivity contribution >= 4 is 29.0 Å². The number of benzene rings is 1. The number of hydrogen-bond acceptors (Lipinski definition) is 5. The van der Waals surface area contributed by atoms with Crippen molar-refractivity contribution in [3.05, 3.63) is 58.9 Å². The zero-order valence-corrected chi connectivity index (χ0v) is 15.2. The van der Waals surface area contributed by atoms with Crippen LogP contribution < -0.4 is 4.90 Å². The Labute approximate surface area is 156 Å². The van der Waals surface area contributed by atoms with Crippen molar-refractivity contribution in [1.29, 1.82) is 0 Å². The van der Waals surface area contributed by atoms with Gasteiger partial charge in [-0.25, -0.2) is 14.3 Å². The fourth-order valence-electron chi connectivity index (χ4n) is 3.47. The molecule has 0 spiro atoms. The summed E-state index contributed by atoms with van der Waals surface area (Å²) in [4.78, 5) is 19.1. The summed E-state index contributed by atoms with van der Waals surface area (Å²) in [5.74, 6) is 0.422. The van der Waals surface area contributed by atoms with Gasteiger partial charge in [0.15, 0.2) is 5.65 Å². The van der Waals surface area contributed by atoms with Crippen molar-refractivity contribution in [1.82, 2.24) is 14.6 Å². The largest absolute Gasteiger partial charge is 0.462 e. The SMILES string of the molecule is CCOC(=O)c1cnn2ccc(N3CCCC3c3cccc(Cl)c3)nc12. The minimum Gasteiger partial charge on any atom is -0.462 e. The molecule has 3 heterocycles. The molecule has 1 aromatic carbocycles. The van der Waals surface area contributed by atoms with Crippen LogP contribution in [-0.4, -0.2) is 33.7 Å². The highest BCUT2D eigenvalue weighted by atomic mass is 35.5. The first-order valence-corrected chi connectivity index (χ1v) is 9.09. The lowest BCUT2D eigenvalue weighted by Gasteiger charge is -2.26. The van der Waals surface area contributed by atoms with Crippen LogP contribution in [0.3, 0.4) is 0 Å². The number of rotatable bonds is 4. The zero-order valence-electron chi connectivity index (χ0n) is 14.4. The maximum atomic E-state index is 12.1. The summed E-state index contributed by atoms with van der Waals surface area (Å²) in [5.41, 5.74) is 2.07. The van der Waals surface area contributed by atoms with Gasteiger partial charge in [0.25, 0.3) is 0 Å². The molecule has 0 amide bonds. The molecule has 0 aliphatic carbocycles. The van der Waals surface area contributed by atoms with Gasteiger partial charge in [-0.1, -0.05) is 23.7 Å². The monoisotopic (exact) mass is 370 g/mol. The summed E-state index contributed by atoms with van der Waals surface area (Å²) in [6.45, 7) is 3.00. The van der Waals surface area contributed by atoms with E-state index >= 15 is 0 Å². The van der Waals surface area contributed by atoms with Gasteiger partial charge in [0.05, 0.1) is 18.8 Å². The molecule has 1 aliphatic rings. The highest BCUT2D eigenvalue weighted by molar-refractivity contribution is 6.30. The molecule has 1 saturated heterocycles. The number of carbonyl (C=O) groups excluding carboxylic acids is 1. The molecule has 0 bridgehead atoms. The number of anilines is 1. The molecule has 0 radical (unpaired) electrons. The van der Waals surface area contributed by atoms with Gasteiger partial charge < -0.3 is 9.64 Å². The molecule has 1 fully saturated rings. The maximum absolute atomic E-state index is 12.1. The van der Waals surface area contributed by atoms with E-state index in [9.17, 15) is 4.79 Å². The quantitative estimate of drug-likeness (QED) is 0.652. The van der Waals surface area contributed by atoms with Crippen molar-refractivity contribution in [3.63, 3.8) is 0 Å². The highest BCUT2D eigenvalue weighted by Crippen LogP contribution is 2.36. The molecule has 26 heavy (non-hydrogen) atoms. The second kappa shape index (κ2) is 6.96. The summed E-state index contributed by atoms with van der Waals surface area (Å²) in [6.07, 6.45) is 5.45. The fraction of sp³-hybridized carbons (Fsp3) is 0.316. The Hall–Kier alpha value is -2.60. The lowest BCUT2D eigenvalue weighted by atomic mass is 10.0. The number of halogens is 1. The molecule has 0 saturated carbocycles. The average Bonchev–Trinajstić information content (AvgIpc) is 3.28. The van der Waals surface area contributed by atoms with E-state index in [0.717, 1.165) is 30.2 Å². The Kier molecular flexibility index (Phi) is 4.51. The minimum absolute atomic E-state index is 0.220. The molecule has 1 unspecified atom stereocenters. The van der Waals surface area contributed by atoms with Crippen LogP contribution in [0.1, 0.15) is 41.7 Å². The van der Waals surface area contributed by atoms with Crippen LogP contribution >= 0.6 is 11.6 Å². The lowest BCUT2D eigenvalue weighted by Crippen LogP contribution is -2.23. The van der Waals surface area contributed by atoms with Gasteiger partial charge in [0.2, 0.25) is 0 Å². The van der Waals surface area contributed by atoms with E-state index in [1.54, 1.807) is 11.4 Å². The number of hydrogen-bond donors (Lipinski definition) is 0. The molecule has 6 nitrogen and oxygen atoms in total. The summed E-state index contributed by atoms with van der Waals surface area (Å²) in [7, 11) is 0. The number of fused-ring (bicyclic) bond motifs is 1. The first kappa shape index (κ1) is 16.8. The van der Waals surface area contributed by atoms with E-state index in [1.165, 1.54) is 11.8 Å². The topological polar surface area (TPSA) is 59.7 Å². The molecule has 7 heteroatoms. The second-order valence-corrected chi connectivity index (χ2v) is 6.68. The van der Waals surface area contributed by atoms with Gasteiger partial charge in [-0.15, -0.1) is 0 Å². The van der Waals surface area contributed by atoms with Crippen molar-refractivity contribution in [2.24, 2.45) is 0 Å². The van der Waals surface area contributed by atoms with E-state index < -0.39 is 5.97 Å². The Bertz CT molecular complexity index is 956. The van der Waals surface area contributed by atoms with E-state index in [2.05, 4.69) is 16.1 Å². The summed E-state index contributed by atoms with van der Waals surface area (Å²) >= 11 is 6.17. The fourth-order valence-corrected chi connectivity index (χ4v) is 3.67. The third-order valence-corrected chi connectivity index (χ3v) is 4.87. The van der Waals surface area contributed by atoms with Crippen molar-refractivity contribution < 1.29 is 9.53 Å². The highest BCUT2D eigenvalue weighted by Gasteiger charge is 2.28. The van der Waals surface area contributed by atoms with Gasteiger partial charge in [-0.05, 0) is 43.5 Å². The minimum atomic E-state index is -0.403. The number of aromatic nitrogens is 3. The lowest BCUT2D eigenvalue weighted by molar-refractivity contribution is 0.0528. The maximum Gasteiger partial charge on any atom is 0.343 e.